The molecule has 0 spiro atoms. The summed E-state index contributed by atoms with van der Waals surface area (Å²) < 4.78 is 5.67. The van der Waals surface area contributed by atoms with Crippen molar-refractivity contribution in [2.45, 2.75) is 38.8 Å². The summed E-state index contributed by atoms with van der Waals surface area (Å²) in [5, 5.41) is 3.64. The van der Waals surface area contributed by atoms with Gasteiger partial charge in [0.25, 0.3) is 0 Å². The molecule has 2 amide bonds. The van der Waals surface area contributed by atoms with Gasteiger partial charge >= 0.3 is 0 Å². The molecule has 7 heteroatoms. The molecule has 3 atom stereocenters. The summed E-state index contributed by atoms with van der Waals surface area (Å²) in [5.74, 6) is 0.915. The van der Waals surface area contributed by atoms with Crippen LogP contribution in [0.15, 0.2) is 42.5 Å². The van der Waals surface area contributed by atoms with E-state index in [-0.39, 0.29) is 23.9 Å². The average Bonchev–Trinajstić information content (AvgIpc) is 3.58. The lowest BCUT2D eigenvalue weighted by atomic mass is 9.79. The minimum atomic E-state index is -0.481. The molecule has 0 aromatic heterocycles. The van der Waals surface area contributed by atoms with Gasteiger partial charge in [-0.15, -0.1) is 0 Å². The van der Waals surface area contributed by atoms with Crippen LogP contribution in [0.3, 0.4) is 0 Å². The van der Waals surface area contributed by atoms with Crippen molar-refractivity contribution in [1.29, 1.82) is 0 Å². The number of fused-ring (bicyclic) bond motifs is 1. The van der Waals surface area contributed by atoms with E-state index in [1.165, 1.54) is 0 Å². The zero-order valence-electron chi connectivity index (χ0n) is 18.0. The molecular formula is C24H30N4O3. The zero-order chi connectivity index (χ0) is 22.1. The number of rotatable bonds is 7. The number of nitrogens with zero attached hydrogens (tertiary/aromatic N) is 1. The Bertz CT molecular complexity index is 989. The first kappa shape index (κ1) is 21.2. The maximum absolute atomic E-state index is 12.7. The Morgan fingerprint density at radius 1 is 1.19 bits per heavy atom. The van der Waals surface area contributed by atoms with Crippen molar-refractivity contribution in [1.82, 2.24) is 0 Å². The molecule has 31 heavy (non-hydrogen) atoms. The number of hydrogen-bond acceptors (Lipinski definition) is 5. The second-order valence-corrected chi connectivity index (χ2v) is 8.50. The van der Waals surface area contributed by atoms with Crippen LogP contribution in [0.25, 0.3) is 0 Å². The minimum Gasteiger partial charge on any atom is -0.492 e. The molecule has 2 aromatic carbocycles. The standard InChI is InChI=1S/C24H30N4O3/c1-14-22(27-18-4-3-5-19(13-18)31-11-10-25)20-12-17(24(26)30)8-9-21(20)28(15(2)29)23(14)16-6-7-16/h3-5,8-9,12-14,16,22-23,27H,6-7,10-11,25H2,1-2H3,(H2,26,30)/t14-,22-,23-/m1/s1. The molecule has 7 nitrogen and oxygen atoms in total. The number of nitrogens with two attached hydrogens (primary N) is 2. The topological polar surface area (TPSA) is 111 Å². The molecule has 0 radical (unpaired) electrons. The Morgan fingerprint density at radius 2 is 1.97 bits per heavy atom. The molecular weight excluding hydrogens is 392 g/mol. The van der Waals surface area contributed by atoms with Crippen molar-refractivity contribution in [3.63, 3.8) is 0 Å². The van der Waals surface area contributed by atoms with Crippen LogP contribution in [-0.2, 0) is 4.79 Å². The normalized spacial score (nSPS) is 22.5. The highest BCUT2D eigenvalue weighted by Gasteiger charge is 2.47. The Balaban J connectivity index is 1.75. The predicted octanol–water partition coefficient (Wildman–Crippen LogP) is 3.06. The Labute approximate surface area is 182 Å². The van der Waals surface area contributed by atoms with Crippen LogP contribution in [0.2, 0.25) is 0 Å². The number of hydrogen-bond donors (Lipinski definition) is 3. The first-order valence-corrected chi connectivity index (χ1v) is 10.8. The fourth-order valence-corrected chi connectivity index (χ4v) is 4.75. The van der Waals surface area contributed by atoms with Crippen molar-refractivity contribution in [3.05, 3.63) is 53.6 Å². The lowest BCUT2D eigenvalue weighted by molar-refractivity contribution is -0.117. The van der Waals surface area contributed by atoms with Gasteiger partial charge in [-0.2, -0.15) is 0 Å². The second kappa shape index (κ2) is 8.59. The van der Waals surface area contributed by atoms with Crippen molar-refractivity contribution in [2.75, 3.05) is 23.4 Å². The number of ether oxygens (including phenoxy) is 1. The molecule has 1 saturated carbocycles. The van der Waals surface area contributed by atoms with Gasteiger partial charge in [0.2, 0.25) is 11.8 Å². The molecule has 1 heterocycles. The minimum absolute atomic E-state index is 0.0208. The quantitative estimate of drug-likeness (QED) is 0.635. The summed E-state index contributed by atoms with van der Waals surface area (Å²) in [6.45, 7) is 4.68. The molecule has 4 rings (SSSR count). The summed E-state index contributed by atoms with van der Waals surface area (Å²) in [5.41, 5.74) is 14.2. The van der Waals surface area contributed by atoms with E-state index in [0.29, 0.717) is 24.6 Å². The third kappa shape index (κ3) is 4.23. The number of carbonyl (C=O) groups is 2. The summed E-state index contributed by atoms with van der Waals surface area (Å²) in [4.78, 5) is 26.5. The molecule has 1 aliphatic carbocycles. The maximum Gasteiger partial charge on any atom is 0.248 e. The van der Waals surface area contributed by atoms with Crippen LogP contribution < -0.4 is 26.4 Å². The summed E-state index contributed by atoms with van der Waals surface area (Å²) >= 11 is 0. The first-order chi connectivity index (χ1) is 14.9. The highest BCUT2D eigenvalue weighted by atomic mass is 16.5. The Morgan fingerprint density at radius 3 is 2.61 bits per heavy atom. The number of nitrogens with one attached hydrogen (secondary N) is 1. The monoisotopic (exact) mass is 422 g/mol. The number of primary amides is 1. The van der Waals surface area contributed by atoms with Gasteiger partial charge in [-0.05, 0) is 54.7 Å². The van der Waals surface area contributed by atoms with Crippen LogP contribution >= 0.6 is 0 Å². The van der Waals surface area contributed by atoms with E-state index in [1.807, 2.05) is 41.3 Å². The molecule has 1 fully saturated rings. The highest BCUT2D eigenvalue weighted by Crippen LogP contribution is 2.50. The number of anilines is 2. The van der Waals surface area contributed by atoms with E-state index in [4.69, 9.17) is 16.2 Å². The molecule has 1 aliphatic heterocycles. The van der Waals surface area contributed by atoms with Crippen LogP contribution in [0.1, 0.15) is 48.7 Å². The predicted molar refractivity (Wildman–Crippen MR) is 121 cm³/mol. The van der Waals surface area contributed by atoms with E-state index in [0.717, 1.165) is 35.5 Å². The molecule has 5 N–H and O–H groups in total. The lowest BCUT2D eigenvalue weighted by Gasteiger charge is -2.46. The maximum atomic E-state index is 12.7. The van der Waals surface area contributed by atoms with Gasteiger partial charge < -0.3 is 26.4 Å². The van der Waals surface area contributed by atoms with E-state index in [2.05, 4.69) is 12.2 Å². The van der Waals surface area contributed by atoms with Gasteiger partial charge in [0, 0.05) is 48.4 Å². The van der Waals surface area contributed by atoms with Crippen molar-refractivity contribution in [3.8, 4) is 5.75 Å². The lowest BCUT2D eigenvalue weighted by Crippen LogP contribution is -2.51. The van der Waals surface area contributed by atoms with Gasteiger partial charge in [0.1, 0.15) is 12.4 Å². The van der Waals surface area contributed by atoms with Crippen molar-refractivity contribution in [2.24, 2.45) is 23.3 Å². The summed E-state index contributed by atoms with van der Waals surface area (Å²) in [7, 11) is 0. The van der Waals surface area contributed by atoms with Gasteiger partial charge in [-0.25, -0.2) is 0 Å². The zero-order valence-corrected chi connectivity index (χ0v) is 18.0. The smallest absolute Gasteiger partial charge is 0.248 e. The highest BCUT2D eigenvalue weighted by molar-refractivity contribution is 5.97. The van der Waals surface area contributed by atoms with Gasteiger partial charge in [-0.1, -0.05) is 13.0 Å². The largest absolute Gasteiger partial charge is 0.492 e. The fourth-order valence-electron chi connectivity index (χ4n) is 4.75. The SMILES string of the molecule is CC(=O)N1c2ccc(C(N)=O)cc2[C@H](Nc2cccc(OCCN)c2)[C@@H](C)[C@@H]1C1CC1. The third-order valence-corrected chi connectivity index (χ3v) is 6.26. The third-order valence-electron chi connectivity index (χ3n) is 6.26. The van der Waals surface area contributed by atoms with E-state index >= 15 is 0 Å². The van der Waals surface area contributed by atoms with Crippen molar-refractivity contribution >= 4 is 23.2 Å². The molecule has 2 aliphatic rings. The Hall–Kier alpha value is -3.06. The molecule has 0 bridgehead atoms. The van der Waals surface area contributed by atoms with Crippen LogP contribution in [0.5, 0.6) is 5.75 Å². The van der Waals surface area contributed by atoms with E-state index < -0.39 is 5.91 Å². The molecule has 0 saturated heterocycles. The molecule has 0 unspecified atom stereocenters. The average molecular weight is 423 g/mol. The fraction of sp³-hybridized carbons (Fsp3) is 0.417. The molecule has 164 valence electrons. The summed E-state index contributed by atoms with van der Waals surface area (Å²) in [6.07, 6.45) is 2.26. The molecule has 2 aromatic rings. The van der Waals surface area contributed by atoms with Crippen LogP contribution in [0, 0.1) is 11.8 Å². The number of benzene rings is 2. The van der Waals surface area contributed by atoms with Crippen molar-refractivity contribution < 1.29 is 14.3 Å². The van der Waals surface area contributed by atoms with Gasteiger partial charge in [-0.3, -0.25) is 9.59 Å². The number of amides is 2. The Kier molecular flexibility index (Phi) is 5.87. The van der Waals surface area contributed by atoms with Crippen LogP contribution in [-0.4, -0.2) is 31.0 Å². The summed E-state index contributed by atoms with van der Waals surface area (Å²) in [6, 6.07) is 13.2. The van der Waals surface area contributed by atoms with Gasteiger partial charge in [0.15, 0.2) is 0 Å². The van der Waals surface area contributed by atoms with E-state index in [1.54, 1.807) is 13.0 Å². The first-order valence-electron chi connectivity index (χ1n) is 10.8. The van der Waals surface area contributed by atoms with Crippen LogP contribution in [0.4, 0.5) is 11.4 Å². The van der Waals surface area contributed by atoms with Gasteiger partial charge in [0.05, 0.1) is 6.04 Å². The van der Waals surface area contributed by atoms with E-state index in [9.17, 15) is 9.59 Å². The second-order valence-electron chi connectivity index (χ2n) is 8.50. The number of carbonyl (C=O) groups excluding carboxylic acids is 2.